The van der Waals surface area contributed by atoms with Gasteiger partial charge in [-0.25, -0.2) is 0 Å². The van der Waals surface area contributed by atoms with Crippen LogP contribution in [0.1, 0.15) is 6.92 Å². The first-order chi connectivity index (χ1) is 9.82. The van der Waals surface area contributed by atoms with E-state index in [1.54, 1.807) is 25.2 Å². The summed E-state index contributed by atoms with van der Waals surface area (Å²) >= 11 is 0. The molecule has 8 nitrogen and oxygen atoms in total. The van der Waals surface area contributed by atoms with Gasteiger partial charge in [-0.3, -0.25) is 19.7 Å². The highest BCUT2D eigenvalue weighted by Gasteiger charge is 2.18. The fraction of sp³-hybridized carbons (Fsp3) is 0.385. The van der Waals surface area contributed by atoms with Crippen molar-refractivity contribution in [3.8, 4) is 0 Å². The first-order valence-electron chi connectivity index (χ1n) is 6.27. The van der Waals surface area contributed by atoms with Crippen molar-refractivity contribution in [1.82, 2.24) is 5.32 Å². The molecule has 0 aliphatic heterocycles. The minimum absolute atomic E-state index is 0.0128. The van der Waals surface area contributed by atoms with Crippen LogP contribution in [0.4, 0.5) is 11.4 Å². The molecule has 1 unspecified atom stereocenters. The number of aliphatic carboxylic acids is 1. The smallest absolute Gasteiger partial charge is 0.308 e. The standard InChI is InChI=1S/C13H17N3O5/c1-9(13(18)19)7-14-12(17)8-15(2)10-5-3-4-6-11(10)16(20)21/h3-6,9H,7-8H2,1-2H3,(H,14,17)(H,18,19). The van der Waals surface area contributed by atoms with Crippen LogP contribution in [-0.2, 0) is 9.59 Å². The summed E-state index contributed by atoms with van der Waals surface area (Å²) in [5.74, 6) is -2.09. The van der Waals surface area contributed by atoms with E-state index in [1.165, 1.54) is 17.9 Å². The van der Waals surface area contributed by atoms with Crippen molar-refractivity contribution in [2.45, 2.75) is 6.92 Å². The van der Waals surface area contributed by atoms with Gasteiger partial charge in [0, 0.05) is 19.7 Å². The Morgan fingerprint density at radius 1 is 1.43 bits per heavy atom. The van der Waals surface area contributed by atoms with Crippen LogP contribution in [0.2, 0.25) is 0 Å². The number of nitrogens with zero attached hydrogens (tertiary/aromatic N) is 2. The molecule has 0 radical (unpaired) electrons. The molecule has 0 aliphatic carbocycles. The molecule has 8 heteroatoms. The number of carbonyl (C=O) groups is 2. The number of anilines is 1. The van der Waals surface area contributed by atoms with Crippen molar-refractivity contribution in [3.05, 3.63) is 34.4 Å². The Morgan fingerprint density at radius 3 is 2.62 bits per heavy atom. The SMILES string of the molecule is CC(CNC(=O)CN(C)c1ccccc1[N+](=O)[O-])C(=O)O. The summed E-state index contributed by atoms with van der Waals surface area (Å²) in [6.07, 6.45) is 0. The number of benzene rings is 1. The van der Waals surface area contributed by atoms with Gasteiger partial charge in [0.1, 0.15) is 5.69 Å². The predicted molar refractivity (Wildman–Crippen MR) is 76.2 cm³/mol. The molecular formula is C13H17N3O5. The van der Waals surface area contributed by atoms with E-state index in [4.69, 9.17) is 5.11 Å². The quantitative estimate of drug-likeness (QED) is 0.570. The number of rotatable bonds is 7. The second-order valence-corrected chi connectivity index (χ2v) is 4.65. The van der Waals surface area contributed by atoms with Crippen molar-refractivity contribution < 1.29 is 19.6 Å². The Balaban J connectivity index is 2.65. The Morgan fingerprint density at radius 2 is 2.05 bits per heavy atom. The second kappa shape index (κ2) is 7.22. The molecule has 1 rings (SSSR count). The molecule has 114 valence electrons. The van der Waals surface area contributed by atoms with E-state index in [1.807, 2.05) is 0 Å². The summed E-state index contributed by atoms with van der Waals surface area (Å²) in [5.41, 5.74) is 0.232. The summed E-state index contributed by atoms with van der Waals surface area (Å²) in [6, 6.07) is 6.09. The van der Waals surface area contributed by atoms with Crippen LogP contribution in [0.3, 0.4) is 0 Å². The average molecular weight is 295 g/mol. The summed E-state index contributed by atoms with van der Waals surface area (Å²) in [4.78, 5) is 34.2. The molecule has 21 heavy (non-hydrogen) atoms. The molecule has 0 saturated carbocycles. The largest absolute Gasteiger partial charge is 0.481 e. The van der Waals surface area contributed by atoms with Gasteiger partial charge in [0.2, 0.25) is 5.91 Å². The highest BCUT2D eigenvalue weighted by Crippen LogP contribution is 2.26. The first kappa shape index (κ1) is 16.4. The third-order valence-corrected chi connectivity index (χ3v) is 2.90. The fourth-order valence-electron chi connectivity index (χ4n) is 1.65. The Bertz CT molecular complexity index is 546. The van der Waals surface area contributed by atoms with Crippen LogP contribution in [0.5, 0.6) is 0 Å². The monoisotopic (exact) mass is 295 g/mol. The minimum atomic E-state index is -0.998. The molecule has 0 aliphatic rings. The number of para-hydroxylation sites is 2. The fourth-order valence-corrected chi connectivity index (χ4v) is 1.65. The van der Waals surface area contributed by atoms with Crippen LogP contribution in [-0.4, -0.2) is 42.0 Å². The third kappa shape index (κ3) is 4.75. The lowest BCUT2D eigenvalue weighted by Gasteiger charge is -2.19. The molecule has 0 bridgehead atoms. The second-order valence-electron chi connectivity index (χ2n) is 4.65. The maximum Gasteiger partial charge on any atom is 0.308 e. The number of amides is 1. The van der Waals surface area contributed by atoms with Crippen molar-refractivity contribution in [1.29, 1.82) is 0 Å². The van der Waals surface area contributed by atoms with Gasteiger partial charge in [-0.05, 0) is 6.07 Å². The van der Waals surface area contributed by atoms with Gasteiger partial charge < -0.3 is 15.3 Å². The molecule has 2 N–H and O–H groups in total. The summed E-state index contributed by atoms with van der Waals surface area (Å²) in [5, 5.41) is 22.1. The Labute approximate surface area is 121 Å². The number of carboxylic acids is 1. The molecule has 1 amide bonds. The van der Waals surface area contributed by atoms with E-state index in [9.17, 15) is 19.7 Å². The maximum absolute atomic E-state index is 11.7. The Hall–Kier alpha value is -2.64. The third-order valence-electron chi connectivity index (χ3n) is 2.90. The molecule has 0 aromatic heterocycles. The molecule has 0 spiro atoms. The van der Waals surface area contributed by atoms with Gasteiger partial charge in [-0.1, -0.05) is 19.1 Å². The number of likely N-dealkylation sites (N-methyl/N-ethyl adjacent to an activating group) is 1. The van der Waals surface area contributed by atoms with Gasteiger partial charge in [0.25, 0.3) is 5.69 Å². The number of nitrogens with one attached hydrogen (secondary N) is 1. The van der Waals surface area contributed by atoms with Crippen LogP contribution >= 0.6 is 0 Å². The number of hydrogen-bond acceptors (Lipinski definition) is 5. The van der Waals surface area contributed by atoms with Gasteiger partial charge in [0.15, 0.2) is 0 Å². The maximum atomic E-state index is 11.7. The van der Waals surface area contributed by atoms with Gasteiger partial charge in [-0.2, -0.15) is 0 Å². The van der Waals surface area contributed by atoms with Crippen LogP contribution in [0.15, 0.2) is 24.3 Å². The lowest BCUT2D eigenvalue weighted by atomic mass is 10.2. The van der Waals surface area contributed by atoms with Crippen molar-refractivity contribution >= 4 is 23.3 Å². The molecule has 0 heterocycles. The van der Waals surface area contributed by atoms with Crippen molar-refractivity contribution in [2.75, 3.05) is 25.0 Å². The number of carbonyl (C=O) groups excluding carboxylic acids is 1. The van der Waals surface area contributed by atoms with Crippen LogP contribution in [0.25, 0.3) is 0 Å². The lowest BCUT2D eigenvalue weighted by Crippen LogP contribution is -2.38. The first-order valence-corrected chi connectivity index (χ1v) is 6.27. The number of nitro groups is 1. The number of carboxylic acid groups (broad SMARTS) is 1. The summed E-state index contributed by atoms with van der Waals surface area (Å²) < 4.78 is 0. The Kier molecular flexibility index (Phi) is 5.65. The topological polar surface area (TPSA) is 113 Å². The van der Waals surface area contributed by atoms with E-state index in [-0.39, 0.29) is 18.8 Å². The van der Waals surface area contributed by atoms with Gasteiger partial charge in [-0.15, -0.1) is 0 Å². The highest BCUT2D eigenvalue weighted by atomic mass is 16.6. The lowest BCUT2D eigenvalue weighted by molar-refractivity contribution is -0.384. The van der Waals surface area contributed by atoms with E-state index in [0.29, 0.717) is 5.69 Å². The summed E-state index contributed by atoms with van der Waals surface area (Å²) in [6.45, 7) is 1.39. The minimum Gasteiger partial charge on any atom is -0.481 e. The van der Waals surface area contributed by atoms with Gasteiger partial charge in [0.05, 0.1) is 17.4 Å². The molecular weight excluding hydrogens is 278 g/mol. The number of nitro benzene ring substituents is 1. The summed E-state index contributed by atoms with van der Waals surface area (Å²) in [7, 11) is 1.56. The van der Waals surface area contributed by atoms with E-state index < -0.39 is 22.7 Å². The van der Waals surface area contributed by atoms with Crippen LogP contribution in [0, 0.1) is 16.0 Å². The zero-order chi connectivity index (χ0) is 16.0. The average Bonchev–Trinajstić information content (AvgIpc) is 2.44. The van der Waals surface area contributed by atoms with E-state index in [0.717, 1.165) is 0 Å². The zero-order valence-corrected chi connectivity index (χ0v) is 11.8. The van der Waals surface area contributed by atoms with E-state index >= 15 is 0 Å². The van der Waals surface area contributed by atoms with E-state index in [2.05, 4.69) is 5.32 Å². The zero-order valence-electron chi connectivity index (χ0n) is 11.8. The highest BCUT2D eigenvalue weighted by molar-refractivity contribution is 5.82. The number of hydrogen-bond donors (Lipinski definition) is 2. The predicted octanol–water partition coefficient (Wildman–Crippen LogP) is 0.868. The van der Waals surface area contributed by atoms with Crippen LogP contribution < -0.4 is 10.2 Å². The van der Waals surface area contributed by atoms with Crippen molar-refractivity contribution in [3.63, 3.8) is 0 Å². The van der Waals surface area contributed by atoms with Gasteiger partial charge >= 0.3 is 5.97 Å². The van der Waals surface area contributed by atoms with Crippen molar-refractivity contribution in [2.24, 2.45) is 5.92 Å². The normalized spacial score (nSPS) is 11.5. The molecule has 1 aromatic rings. The molecule has 0 fully saturated rings. The molecule has 1 aromatic carbocycles. The molecule has 0 saturated heterocycles. The molecule has 1 atom stereocenters.